The third-order valence-corrected chi connectivity index (χ3v) is 2.44. The van der Waals surface area contributed by atoms with Crippen molar-refractivity contribution in [2.24, 2.45) is 0 Å². The van der Waals surface area contributed by atoms with E-state index in [0.29, 0.717) is 4.73 Å². The van der Waals surface area contributed by atoms with Crippen LogP contribution in [0.5, 0.6) is 11.8 Å². The second kappa shape index (κ2) is 5.26. The van der Waals surface area contributed by atoms with Gasteiger partial charge in [-0.05, 0) is 5.56 Å². The molecule has 1 aromatic carbocycles. The summed E-state index contributed by atoms with van der Waals surface area (Å²) in [4.78, 5) is 16.3. The van der Waals surface area contributed by atoms with Crippen LogP contribution >= 0.6 is 0 Å². The molecule has 0 amide bonds. The highest BCUT2D eigenvalue weighted by molar-refractivity contribution is 6.35. The first kappa shape index (κ1) is 12.7. The lowest BCUT2D eigenvalue weighted by Crippen LogP contribution is -2.27. The molecule has 0 aliphatic heterocycles. The number of nitrogens with zero attached hydrogens (tertiary/aromatic N) is 1. The third kappa shape index (κ3) is 2.92. The lowest BCUT2D eigenvalue weighted by Gasteiger charge is -2.07. The molecule has 0 spiro atoms. The minimum Gasteiger partial charge on any atom is -0.492 e. The summed E-state index contributed by atoms with van der Waals surface area (Å²) in [5.74, 6) is -1.78. The normalized spacial score (nSPS) is 10.1. The number of benzene rings is 1. The summed E-state index contributed by atoms with van der Waals surface area (Å²) in [7, 11) is 0. The summed E-state index contributed by atoms with van der Waals surface area (Å²) < 4.78 is 0.557. The van der Waals surface area contributed by atoms with Gasteiger partial charge in [-0.1, -0.05) is 30.3 Å². The number of carbonyl (C=O) groups excluding carboxylic acids is 1. The Morgan fingerprint density at radius 1 is 1.11 bits per heavy atom. The van der Waals surface area contributed by atoms with Crippen molar-refractivity contribution >= 4 is 11.7 Å². The van der Waals surface area contributed by atoms with E-state index < -0.39 is 17.7 Å². The standard InChI is InChI=1S/C13H12N2O4/c14-10(8-9-4-2-1-3-5-9)13(18)19-15-11(16)6-7-12(15)17/h1-7,14,16-17H,8H2. The van der Waals surface area contributed by atoms with Gasteiger partial charge in [-0.3, -0.25) is 5.41 Å². The Hall–Kier alpha value is -2.76. The molecular weight excluding hydrogens is 248 g/mol. The van der Waals surface area contributed by atoms with E-state index in [1.807, 2.05) is 6.07 Å². The summed E-state index contributed by atoms with van der Waals surface area (Å²) in [6.07, 6.45) is 0.114. The minimum absolute atomic E-state index is 0.114. The molecule has 1 aromatic heterocycles. The predicted molar refractivity (Wildman–Crippen MR) is 67.2 cm³/mol. The molecule has 2 aromatic rings. The summed E-state index contributed by atoms with van der Waals surface area (Å²) in [6, 6.07) is 11.3. The molecule has 0 saturated heterocycles. The van der Waals surface area contributed by atoms with E-state index in [1.165, 1.54) is 12.1 Å². The number of hydrogen-bond donors (Lipinski definition) is 3. The van der Waals surface area contributed by atoms with Gasteiger partial charge in [-0.25, -0.2) is 4.79 Å². The highest BCUT2D eigenvalue weighted by atomic mass is 16.7. The van der Waals surface area contributed by atoms with Gasteiger partial charge in [0.2, 0.25) is 11.8 Å². The molecule has 0 saturated carbocycles. The van der Waals surface area contributed by atoms with Crippen molar-refractivity contribution in [1.82, 2.24) is 4.73 Å². The monoisotopic (exact) mass is 260 g/mol. The molecule has 0 aliphatic rings. The molecule has 0 radical (unpaired) electrons. The van der Waals surface area contributed by atoms with Gasteiger partial charge in [-0.2, -0.15) is 0 Å². The van der Waals surface area contributed by atoms with E-state index in [4.69, 9.17) is 10.2 Å². The fourth-order valence-corrected chi connectivity index (χ4v) is 1.51. The van der Waals surface area contributed by atoms with Crippen LogP contribution in [0.15, 0.2) is 42.5 Å². The van der Waals surface area contributed by atoms with Crippen molar-refractivity contribution in [2.75, 3.05) is 0 Å². The molecule has 2 rings (SSSR count). The van der Waals surface area contributed by atoms with Crippen LogP contribution in [0.3, 0.4) is 0 Å². The van der Waals surface area contributed by atoms with Crippen molar-refractivity contribution in [3.05, 3.63) is 48.0 Å². The zero-order valence-electron chi connectivity index (χ0n) is 9.91. The Labute approximate surface area is 109 Å². The Morgan fingerprint density at radius 3 is 2.26 bits per heavy atom. The average Bonchev–Trinajstić information content (AvgIpc) is 2.71. The first-order valence-electron chi connectivity index (χ1n) is 5.51. The van der Waals surface area contributed by atoms with Crippen LogP contribution in [-0.2, 0) is 11.2 Å². The molecular formula is C13H12N2O4. The molecule has 19 heavy (non-hydrogen) atoms. The summed E-state index contributed by atoms with van der Waals surface area (Å²) >= 11 is 0. The van der Waals surface area contributed by atoms with E-state index in [-0.39, 0.29) is 12.1 Å². The quantitative estimate of drug-likeness (QED) is 0.718. The van der Waals surface area contributed by atoms with Crippen LogP contribution in [0.1, 0.15) is 5.56 Å². The second-order valence-corrected chi connectivity index (χ2v) is 3.86. The van der Waals surface area contributed by atoms with Gasteiger partial charge < -0.3 is 15.1 Å². The van der Waals surface area contributed by atoms with Gasteiger partial charge in [0.15, 0.2) is 0 Å². The smallest absolute Gasteiger partial charge is 0.377 e. The summed E-state index contributed by atoms with van der Waals surface area (Å²) in [5, 5.41) is 26.2. The van der Waals surface area contributed by atoms with Gasteiger partial charge in [0, 0.05) is 18.6 Å². The molecule has 1 heterocycles. The number of aromatic hydroxyl groups is 2. The van der Waals surface area contributed by atoms with Crippen molar-refractivity contribution in [2.45, 2.75) is 6.42 Å². The van der Waals surface area contributed by atoms with E-state index in [0.717, 1.165) is 5.56 Å². The average molecular weight is 260 g/mol. The molecule has 0 aliphatic carbocycles. The van der Waals surface area contributed by atoms with Crippen molar-refractivity contribution in [3.8, 4) is 11.8 Å². The fourth-order valence-electron chi connectivity index (χ4n) is 1.51. The van der Waals surface area contributed by atoms with Crippen molar-refractivity contribution in [1.29, 1.82) is 5.41 Å². The zero-order chi connectivity index (χ0) is 13.8. The Morgan fingerprint density at radius 2 is 1.68 bits per heavy atom. The molecule has 3 N–H and O–H groups in total. The maximum absolute atomic E-state index is 11.6. The first-order chi connectivity index (χ1) is 9.08. The van der Waals surface area contributed by atoms with E-state index in [1.54, 1.807) is 24.3 Å². The lowest BCUT2D eigenvalue weighted by molar-refractivity contribution is -0.137. The molecule has 6 nitrogen and oxygen atoms in total. The number of carbonyl (C=O) groups is 1. The Bertz CT molecular complexity index is 585. The molecule has 0 unspecified atom stereocenters. The second-order valence-electron chi connectivity index (χ2n) is 3.86. The minimum atomic E-state index is -0.939. The van der Waals surface area contributed by atoms with Gasteiger partial charge in [0.05, 0.1) is 0 Å². The predicted octanol–water partition coefficient (Wildman–Crippen LogP) is 1.12. The number of hydrogen-bond acceptors (Lipinski definition) is 5. The van der Waals surface area contributed by atoms with Crippen LogP contribution in [0.25, 0.3) is 0 Å². The Balaban J connectivity index is 2.03. The van der Waals surface area contributed by atoms with E-state index >= 15 is 0 Å². The highest BCUT2D eigenvalue weighted by Crippen LogP contribution is 2.18. The maximum atomic E-state index is 11.6. The van der Waals surface area contributed by atoms with Crippen LogP contribution < -0.4 is 4.84 Å². The molecule has 6 heteroatoms. The Kier molecular flexibility index (Phi) is 3.51. The number of nitrogens with one attached hydrogen (secondary N) is 1. The van der Waals surface area contributed by atoms with Crippen molar-refractivity contribution < 1.29 is 19.8 Å². The zero-order valence-corrected chi connectivity index (χ0v) is 9.91. The lowest BCUT2D eigenvalue weighted by atomic mass is 10.1. The molecule has 0 bridgehead atoms. The molecule has 0 atom stereocenters. The summed E-state index contributed by atoms with van der Waals surface area (Å²) in [5.41, 5.74) is 0.518. The topological polar surface area (TPSA) is 95.5 Å². The van der Waals surface area contributed by atoms with E-state index in [9.17, 15) is 15.0 Å². The highest BCUT2D eigenvalue weighted by Gasteiger charge is 2.16. The van der Waals surface area contributed by atoms with Crippen molar-refractivity contribution in [3.63, 3.8) is 0 Å². The SMILES string of the molecule is N=C(Cc1ccccc1)C(=O)On1c(O)ccc1O. The largest absolute Gasteiger partial charge is 0.492 e. The van der Waals surface area contributed by atoms with Crippen LogP contribution in [-0.4, -0.2) is 26.6 Å². The van der Waals surface area contributed by atoms with E-state index in [2.05, 4.69) is 0 Å². The third-order valence-electron chi connectivity index (χ3n) is 2.44. The van der Waals surface area contributed by atoms with Crippen LogP contribution in [0.4, 0.5) is 0 Å². The van der Waals surface area contributed by atoms with Gasteiger partial charge >= 0.3 is 5.97 Å². The maximum Gasteiger partial charge on any atom is 0.377 e. The first-order valence-corrected chi connectivity index (χ1v) is 5.51. The number of aromatic nitrogens is 1. The van der Waals surface area contributed by atoms with Gasteiger partial charge in [0.25, 0.3) is 0 Å². The van der Waals surface area contributed by atoms with Crippen LogP contribution in [0.2, 0.25) is 0 Å². The molecule has 98 valence electrons. The van der Waals surface area contributed by atoms with Crippen LogP contribution in [0, 0.1) is 5.41 Å². The van der Waals surface area contributed by atoms with Gasteiger partial charge in [-0.15, -0.1) is 4.73 Å². The summed E-state index contributed by atoms with van der Waals surface area (Å²) in [6.45, 7) is 0. The molecule has 0 fully saturated rings. The number of rotatable bonds is 4. The fraction of sp³-hybridized carbons (Fsp3) is 0.0769. The van der Waals surface area contributed by atoms with Gasteiger partial charge in [0.1, 0.15) is 5.71 Å².